The number of piperazine rings is 1. The van der Waals surface area contributed by atoms with Gasteiger partial charge in [-0.1, -0.05) is 11.6 Å². The molecule has 4 rings (SSSR count). The molecule has 0 bridgehead atoms. The summed E-state index contributed by atoms with van der Waals surface area (Å²) in [7, 11) is -3.67. The summed E-state index contributed by atoms with van der Waals surface area (Å²) in [4.78, 5) is 20.1. The van der Waals surface area contributed by atoms with Crippen molar-refractivity contribution in [2.24, 2.45) is 0 Å². The normalized spacial score (nSPS) is 16.3. The lowest BCUT2D eigenvalue weighted by molar-refractivity contribution is 0.384. The Balaban J connectivity index is 1.55. The van der Waals surface area contributed by atoms with Crippen molar-refractivity contribution in [3.8, 4) is 0 Å². The van der Waals surface area contributed by atoms with Crippen LogP contribution in [0.3, 0.4) is 0 Å². The quantitative estimate of drug-likeness (QED) is 0.725. The largest absolute Gasteiger partial charge is 0.417 e. The van der Waals surface area contributed by atoms with Crippen LogP contribution in [0.2, 0.25) is 5.02 Å². The highest BCUT2D eigenvalue weighted by Gasteiger charge is 2.29. The molecule has 8 nitrogen and oxygen atoms in total. The molecule has 3 heterocycles. The fraction of sp³-hybridized carbons (Fsp3) is 0.250. The standard InChI is InChI=1S/C16H15ClN4O4S/c17-12-2-1-5-18-15(12)20-6-8-21(9-7-20)26(23,24)11-3-4-14-13(10-11)19-16(22)25-14/h1-5,10H,6-9H2,(H,19,22). The Morgan fingerprint density at radius 2 is 1.92 bits per heavy atom. The number of nitrogens with one attached hydrogen (secondary N) is 1. The van der Waals surface area contributed by atoms with E-state index in [-0.39, 0.29) is 4.90 Å². The van der Waals surface area contributed by atoms with Crippen LogP contribution in [0, 0.1) is 0 Å². The van der Waals surface area contributed by atoms with Gasteiger partial charge in [0.15, 0.2) is 5.58 Å². The lowest BCUT2D eigenvalue weighted by atomic mass is 10.3. The average Bonchev–Trinajstić information content (AvgIpc) is 3.01. The first kappa shape index (κ1) is 17.1. The third kappa shape index (κ3) is 2.98. The van der Waals surface area contributed by atoms with Gasteiger partial charge in [0.05, 0.1) is 15.4 Å². The summed E-state index contributed by atoms with van der Waals surface area (Å²) in [6.45, 7) is 1.60. The van der Waals surface area contributed by atoms with Crippen LogP contribution in [0.5, 0.6) is 0 Å². The van der Waals surface area contributed by atoms with Crippen LogP contribution in [0.1, 0.15) is 0 Å². The number of anilines is 1. The van der Waals surface area contributed by atoms with Gasteiger partial charge in [-0.05, 0) is 30.3 Å². The van der Waals surface area contributed by atoms with E-state index in [1.54, 1.807) is 18.3 Å². The maximum atomic E-state index is 12.9. The van der Waals surface area contributed by atoms with E-state index in [1.165, 1.54) is 22.5 Å². The van der Waals surface area contributed by atoms with Crippen molar-refractivity contribution in [1.29, 1.82) is 0 Å². The summed E-state index contributed by atoms with van der Waals surface area (Å²) >= 11 is 6.16. The van der Waals surface area contributed by atoms with Crippen LogP contribution in [0.4, 0.5) is 5.82 Å². The summed E-state index contributed by atoms with van der Waals surface area (Å²) in [6, 6.07) is 7.84. The second-order valence-electron chi connectivity index (χ2n) is 5.87. The fourth-order valence-corrected chi connectivity index (χ4v) is 4.68. The molecule has 0 unspecified atom stereocenters. The van der Waals surface area contributed by atoms with Crippen molar-refractivity contribution >= 4 is 38.5 Å². The fourth-order valence-electron chi connectivity index (χ4n) is 2.99. The van der Waals surface area contributed by atoms with Crippen LogP contribution >= 0.6 is 11.6 Å². The summed E-state index contributed by atoms with van der Waals surface area (Å²) in [5.74, 6) is 0.0407. The minimum atomic E-state index is -3.67. The predicted molar refractivity (Wildman–Crippen MR) is 97.1 cm³/mol. The van der Waals surface area contributed by atoms with E-state index in [0.717, 1.165) is 0 Å². The molecule has 0 amide bonds. The maximum Gasteiger partial charge on any atom is 0.417 e. The average molecular weight is 395 g/mol. The molecular weight excluding hydrogens is 380 g/mol. The van der Waals surface area contributed by atoms with Gasteiger partial charge in [-0.3, -0.25) is 4.98 Å². The monoisotopic (exact) mass is 394 g/mol. The first-order valence-electron chi connectivity index (χ1n) is 7.94. The van der Waals surface area contributed by atoms with Gasteiger partial charge in [0, 0.05) is 32.4 Å². The Morgan fingerprint density at radius 3 is 2.65 bits per heavy atom. The predicted octanol–water partition coefficient (Wildman–Crippen LogP) is 1.68. The number of benzene rings is 1. The lowest BCUT2D eigenvalue weighted by Gasteiger charge is -2.34. The molecule has 1 fully saturated rings. The number of hydrogen-bond donors (Lipinski definition) is 1. The Hall–Kier alpha value is -2.36. The SMILES string of the molecule is O=c1[nH]c2cc(S(=O)(=O)N3CCN(c4ncccc4Cl)CC3)ccc2o1. The van der Waals surface area contributed by atoms with Crippen LogP contribution in [0.25, 0.3) is 11.1 Å². The van der Waals surface area contributed by atoms with Crippen LogP contribution in [-0.4, -0.2) is 48.9 Å². The molecule has 2 aromatic heterocycles. The van der Waals surface area contributed by atoms with E-state index in [0.29, 0.717) is 48.1 Å². The number of sulfonamides is 1. The van der Waals surface area contributed by atoms with Crippen molar-refractivity contribution in [1.82, 2.24) is 14.3 Å². The van der Waals surface area contributed by atoms with E-state index >= 15 is 0 Å². The molecule has 1 aromatic carbocycles. The van der Waals surface area contributed by atoms with E-state index in [4.69, 9.17) is 16.0 Å². The summed E-state index contributed by atoms with van der Waals surface area (Å²) in [5.41, 5.74) is 0.679. The van der Waals surface area contributed by atoms with Gasteiger partial charge in [0.1, 0.15) is 5.82 Å². The van der Waals surface area contributed by atoms with Gasteiger partial charge in [-0.25, -0.2) is 18.2 Å². The second-order valence-corrected chi connectivity index (χ2v) is 8.22. The van der Waals surface area contributed by atoms with E-state index in [2.05, 4.69) is 9.97 Å². The lowest BCUT2D eigenvalue weighted by Crippen LogP contribution is -2.49. The highest BCUT2D eigenvalue weighted by molar-refractivity contribution is 7.89. The van der Waals surface area contributed by atoms with Gasteiger partial charge < -0.3 is 9.32 Å². The number of pyridine rings is 1. The summed E-state index contributed by atoms with van der Waals surface area (Å²) in [6.07, 6.45) is 1.66. The molecule has 0 saturated carbocycles. The molecule has 136 valence electrons. The number of H-pyrrole nitrogens is 1. The second kappa shape index (κ2) is 6.42. The topological polar surface area (TPSA) is 99.5 Å². The van der Waals surface area contributed by atoms with Crippen molar-refractivity contribution in [2.75, 3.05) is 31.1 Å². The molecule has 1 saturated heterocycles. The maximum absolute atomic E-state index is 12.9. The summed E-state index contributed by atoms with van der Waals surface area (Å²) < 4.78 is 32.1. The zero-order valence-corrected chi connectivity index (χ0v) is 15.1. The molecular formula is C16H15ClN4O4S. The zero-order valence-electron chi connectivity index (χ0n) is 13.6. The third-order valence-corrected chi connectivity index (χ3v) is 6.50. The number of aromatic nitrogens is 2. The highest BCUT2D eigenvalue weighted by Crippen LogP contribution is 2.26. The van der Waals surface area contributed by atoms with E-state index < -0.39 is 15.8 Å². The zero-order chi connectivity index (χ0) is 18.3. The number of halogens is 1. The van der Waals surface area contributed by atoms with Gasteiger partial charge in [-0.2, -0.15) is 4.31 Å². The Kier molecular flexibility index (Phi) is 4.22. The Morgan fingerprint density at radius 1 is 1.15 bits per heavy atom. The number of rotatable bonds is 3. The Labute approximate surface area is 154 Å². The molecule has 0 spiro atoms. The van der Waals surface area contributed by atoms with Gasteiger partial charge in [0.25, 0.3) is 0 Å². The number of aromatic amines is 1. The molecule has 1 aliphatic heterocycles. The van der Waals surface area contributed by atoms with Crippen molar-refractivity contribution in [2.45, 2.75) is 4.90 Å². The van der Waals surface area contributed by atoms with Crippen LogP contribution < -0.4 is 10.7 Å². The molecule has 1 aliphatic rings. The van der Waals surface area contributed by atoms with Crippen molar-refractivity contribution < 1.29 is 12.8 Å². The third-order valence-electron chi connectivity index (χ3n) is 4.31. The number of nitrogens with zero attached hydrogens (tertiary/aromatic N) is 3. The number of hydrogen-bond acceptors (Lipinski definition) is 6. The van der Waals surface area contributed by atoms with Crippen LogP contribution in [0.15, 0.2) is 50.6 Å². The summed E-state index contributed by atoms with van der Waals surface area (Å²) in [5, 5.41) is 0.540. The number of fused-ring (bicyclic) bond motifs is 1. The first-order chi connectivity index (χ1) is 12.4. The van der Waals surface area contributed by atoms with E-state index in [9.17, 15) is 13.2 Å². The van der Waals surface area contributed by atoms with Gasteiger partial charge >= 0.3 is 5.76 Å². The minimum absolute atomic E-state index is 0.117. The van der Waals surface area contributed by atoms with Gasteiger partial charge in [-0.15, -0.1) is 0 Å². The van der Waals surface area contributed by atoms with Gasteiger partial charge in [0.2, 0.25) is 10.0 Å². The molecule has 0 aliphatic carbocycles. The van der Waals surface area contributed by atoms with Crippen LogP contribution in [-0.2, 0) is 10.0 Å². The minimum Gasteiger partial charge on any atom is -0.408 e. The molecule has 0 atom stereocenters. The molecule has 10 heteroatoms. The molecule has 26 heavy (non-hydrogen) atoms. The molecule has 1 N–H and O–H groups in total. The van der Waals surface area contributed by atoms with Crippen molar-refractivity contribution in [3.63, 3.8) is 0 Å². The molecule has 0 radical (unpaired) electrons. The molecule has 3 aromatic rings. The first-order valence-corrected chi connectivity index (χ1v) is 9.75. The Bertz CT molecular complexity index is 1120. The smallest absolute Gasteiger partial charge is 0.408 e. The number of oxazole rings is 1. The highest BCUT2D eigenvalue weighted by atomic mass is 35.5. The van der Waals surface area contributed by atoms with Crippen molar-refractivity contribution in [3.05, 3.63) is 52.1 Å². The van der Waals surface area contributed by atoms with E-state index in [1.807, 2.05) is 4.90 Å².